The summed E-state index contributed by atoms with van der Waals surface area (Å²) < 4.78 is 0. The van der Waals surface area contributed by atoms with E-state index in [1.165, 1.54) is 11.0 Å². The van der Waals surface area contributed by atoms with Crippen LogP contribution in [0.25, 0.3) is 11.3 Å². The second-order valence-corrected chi connectivity index (χ2v) is 3.29. The molecule has 2 rings (SSSR count). The fraction of sp³-hybridized carbons (Fsp3) is 0.100. The van der Waals surface area contributed by atoms with Gasteiger partial charge in [0.05, 0.1) is 11.4 Å². The van der Waals surface area contributed by atoms with E-state index in [1.54, 1.807) is 0 Å². The Balaban J connectivity index is 2.46. The van der Waals surface area contributed by atoms with E-state index in [0.29, 0.717) is 0 Å². The van der Waals surface area contributed by atoms with E-state index in [4.69, 9.17) is 0 Å². The van der Waals surface area contributed by atoms with Gasteiger partial charge in [0.2, 0.25) is 0 Å². The normalized spacial score (nSPS) is 10.2. The summed E-state index contributed by atoms with van der Waals surface area (Å²) in [6.07, 6.45) is 0. The van der Waals surface area contributed by atoms with E-state index in [0.717, 1.165) is 11.4 Å². The molecular formula is C10H11BN2. The largest absolute Gasteiger partial charge is 0.278 e. The van der Waals surface area contributed by atoms with Crippen LogP contribution >= 0.6 is 0 Å². The highest BCUT2D eigenvalue weighted by Gasteiger charge is 1.99. The number of aromatic amines is 1. The maximum atomic E-state index is 4.10. The highest BCUT2D eigenvalue weighted by Crippen LogP contribution is 2.15. The Morgan fingerprint density at radius 2 is 2.15 bits per heavy atom. The fourth-order valence-electron chi connectivity index (χ4n) is 1.38. The lowest BCUT2D eigenvalue weighted by Crippen LogP contribution is -2.00. The van der Waals surface area contributed by atoms with Crippen LogP contribution in [0.2, 0.25) is 0 Å². The third-order valence-corrected chi connectivity index (χ3v) is 2.04. The number of aryl methyl sites for hydroxylation is 1. The quantitative estimate of drug-likeness (QED) is 0.625. The molecule has 0 aliphatic carbocycles. The Bertz CT molecular complexity index is 420. The number of H-pyrrole nitrogens is 1. The van der Waals surface area contributed by atoms with Crippen molar-refractivity contribution < 1.29 is 0 Å². The predicted octanol–water partition coefficient (Wildman–Crippen LogP) is 0.644. The SMILES string of the molecule is Bc1cccc(-c2cc(C)n[nH]2)c1. The molecule has 0 saturated carbocycles. The Labute approximate surface area is 78.4 Å². The molecule has 1 aromatic carbocycles. The molecule has 0 spiro atoms. The van der Waals surface area contributed by atoms with Crippen molar-refractivity contribution in [3.8, 4) is 11.3 Å². The molecule has 3 heteroatoms. The number of nitrogens with one attached hydrogen (secondary N) is 1. The van der Waals surface area contributed by atoms with Crippen LogP contribution in [-0.2, 0) is 0 Å². The zero-order valence-electron chi connectivity index (χ0n) is 7.83. The summed E-state index contributed by atoms with van der Waals surface area (Å²) in [7, 11) is 2.09. The number of hydrogen-bond acceptors (Lipinski definition) is 1. The molecule has 1 N–H and O–H groups in total. The monoisotopic (exact) mass is 170 g/mol. The van der Waals surface area contributed by atoms with Crippen molar-refractivity contribution in [2.75, 3.05) is 0 Å². The lowest BCUT2D eigenvalue weighted by Gasteiger charge is -1.97. The van der Waals surface area contributed by atoms with Gasteiger partial charge in [-0.3, -0.25) is 5.10 Å². The van der Waals surface area contributed by atoms with Crippen LogP contribution < -0.4 is 5.46 Å². The summed E-state index contributed by atoms with van der Waals surface area (Å²) in [6.45, 7) is 1.98. The van der Waals surface area contributed by atoms with Crippen LogP contribution in [0.15, 0.2) is 30.3 Å². The maximum Gasteiger partial charge on any atom is 0.139 e. The molecule has 0 saturated heterocycles. The topological polar surface area (TPSA) is 28.7 Å². The fourth-order valence-corrected chi connectivity index (χ4v) is 1.38. The van der Waals surface area contributed by atoms with Gasteiger partial charge in [0.15, 0.2) is 0 Å². The van der Waals surface area contributed by atoms with Gasteiger partial charge in [0, 0.05) is 0 Å². The molecule has 13 heavy (non-hydrogen) atoms. The highest BCUT2D eigenvalue weighted by molar-refractivity contribution is 6.32. The molecule has 64 valence electrons. The molecule has 0 radical (unpaired) electrons. The molecule has 0 fully saturated rings. The second-order valence-electron chi connectivity index (χ2n) is 3.29. The average Bonchev–Trinajstić information content (AvgIpc) is 2.52. The van der Waals surface area contributed by atoms with Crippen molar-refractivity contribution in [2.24, 2.45) is 0 Å². The second kappa shape index (κ2) is 3.09. The van der Waals surface area contributed by atoms with Gasteiger partial charge in [-0.25, -0.2) is 0 Å². The first-order chi connectivity index (χ1) is 6.25. The third kappa shape index (κ3) is 1.64. The van der Waals surface area contributed by atoms with E-state index in [9.17, 15) is 0 Å². The van der Waals surface area contributed by atoms with Gasteiger partial charge in [-0.05, 0) is 18.6 Å². The van der Waals surface area contributed by atoms with E-state index < -0.39 is 0 Å². The van der Waals surface area contributed by atoms with Crippen LogP contribution in [0.3, 0.4) is 0 Å². The van der Waals surface area contributed by atoms with Gasteiger partial charge in [-0.1, -0.05) is 29.7 Å². The highest BCUT2D eigenvalue weighted by atomic mass is 15.1. The first-order valence-electron chi connectivity index (χ1n) is 4.35. The molecule has 0 amide bonds. The summed E-state index contributed by atoms with van der Waals surface area (Å²) in [6, 6.07) is 10.4. The van der Waals surface area contributed by atoms with Crippen LogP contribution in [0.1, 0.15) is 5.69 Å². The Morgan fingerprint density at radius 1 is 1.31 bits per heavy atom. The predicted molar refractivity (Wildman–Crippen MR) is 56.9 cm³/mol. The van der Waals surface area contributed by atoms with Gasteiger partial charge >= 0.3 is 0 Å². The zero-order valence-corrected chi connectivity index (χ0v) is 7.83. The van der Waals surface area contributed by atoms with Crippen molar-refractivity contribution in [1.82, 2.24) is 10.2 Å². The van der Waals surface area contributed by atoms with Gasteiger partial charge in [-0.15, -0.1) is 0 Å². The van der Waals surface area contributed by atoms with Crippen LogP contribution in [0.4, 0.5) is 0 Å². The molecule has 0 aliphatic rings. The van der Waals surface area contributed by atoms with Gasteiger partial charge in [0.25, 0.3) is 0 Å². The molecule has 0 bridgehead atoms. The van der Waals surface area contributed by atoms with Crippen LogP contribution in [0.5, 0.6) is 0 Å². The minimum absolute atomic E-state index is 1.02. The van der Waals surface area contributed by atoms with Crippen LogP contribution in [0, 0.1) is 6.92 Å². The Kier molecular flexibility index (Phi) is 1.93. The number of hydrogen-bond donors (Lipinski definition) is 1. The molecular weight excluding hydrogens is 159 g/mol. The molecule has 1 heterocycles. The molecule has 0 unspecified atom stereocenters. The maximum absolute atomic E-state index is 4.10. The first kappa shape index (κ1) is 8.11. The van der Waals surface area contributed by atoms with Crippen molar-refractivity contribution in [3.05, 3.63) is 36.0 Å². The molecule has 2 aromatic rings. The summed E-state index contributed by atoms with van der Waals surface area (Å²) in [5.74, 6) is 0. The van der Waals surface area contributed by atoms with E-state index >= 15 is 0 Å². The molecule has 2 nitrogen and oxygen atoms in total. The van der Waals surface area contributed by atoms with Gasteiger partial charge < -0.3 is 0 Å². The lowest BCUT2D eigenvalue weighted by atomic mass is 9.94. The minimum Gasteiger partial charge on any atom is -0.278 e. The summed E-state index contributed by atoms with van der Waals surface area (Å²) >= 11 is 0. The first-order valence-corrected chi connectivity index (χ1v) is 4.35. The van der Waals surface area contributed by atoms with Crippen molar-refractivity contribution in [2.45, 2.75) is 6.92 Å². The molecule has 0 atom stereocenters. The summed E-state index contributed by atoms with van der Waals surface area (Å²) in [5, 5.41) is 7.10. The summed E-state index contributed by atoms with van der Waals surface area (Å²) in [4.78, 5) is 0. The minimum atomic E-state index is 1.02. The van der Waals surface area contributed by atoms with Crippen molar-refractivity contribution in [1.29, 1.82) is 0 Å². The third-order valence-electron chi connectivity index (χ3n) is 2.04. The average molecular weight is 170 g/mol. The Morgan fingerprint density at radius 3 is 2.77 bits per heavy atom. The van der Waals surface area contributed by atoms with Gasteiger partial charge in [0.1, 0.15) is 7.85 Å². The molecule has 0 aliphatic heterocycles. The molecule has 1 aromatic heterocycles. The standard InChI is InChI=1S/C10H11BN2/c1-7-5-10(13-12-7)8-3-2-4-9(11)6-8/h2-6H,11H2,1H3,(H,12,13). The number of rotatable bonds is 1. The van der Waals surface area contributed by atoms with E-state index in [-0.39, 0.29) is 0 Å². The van der Waals surface area contributed by atoms with Crippen molar-refractivity contribution in [3.63, 3.8) is 0 Å². The summed E-state index contributed by atoms with van der Waals surface area (Å²) in [5.41, 5.74) is 4.57. The van der Waals surface area contributed by atoms with Crippen LogP contribution in [-0.4, -0.2) is 18.0 Å². The zero-order chi connectivity index (χ0) is 9.26. The Hall–Kier alpha value is -1.51. The van der Waals surface area contributed by atoms with Gasteiger partial charge in [-0.2, -0.15) is 5.10 Å². The number of benzene rings is 1. The smallest absolute Gasteiger partial charge is 0.139 e. The lowest BCUT2D eigenvalue weighted by molar-refractivity contribution is 1.05. The van der Waals surface area contributed by atoms with E-state index in [2.05, 4.69) is 48.4 Å². The number of nitrogens with zero attached hydrogens (tertiary/aromatic N) is 1. The van der Waals surface area contributed by atoms with E-state index in [1.807, 2.05) is 6.92 Å². The van der Waals surface area contributed by atoms with Crippen molar-refractivity contribution >= 4 is 13.3 Å². The number of aromatic nitrogens is 2.